The number of nitriles is 1. The maximum Gasteiger partial charge on any atom is 0.338 e. The summed E-state index contributed by atoms with van der Waals surface area (Å²) in [6.07, 6.45) is 0.307. The van der Waals surface area contributed by atoms with Crippen LogP contribution in [0.2, 0.25) is 0 Å². The Hall–Kier alpha value is -3.53. The first-order valence-electron chi connectivity index (χ1n) is 7.48. The molecule has 1 amide bonds. The summed E-state index contributed by atoms with van der Waals surface area (Å²) in [4.78, 5) is 23.8. The third-order valence-electron chi connectivity index (χ3n) is 3.46. The van der Waals surface area contributed by atoms with Crippen LogP contribution < -0.4 is 14.8 Å². The van der Waals surface area contributed by atoms with Crippen LogP contribution in [-0.4, -0.2) is 25.3 Å². The van der Waals surface area contributed by atoms with E-state index in [9.17, 15) is 9.59 Å². The van der Waals surface area contributed by atoms with E-state index in [0.29, 0.717) is 23.6 Å². The maximum absolute atomic E-state index is 12.0. The van der Waals surface area contributed by atoms with Crippen LogP contribution in [-0.2, 0) is 16.0 Å². The molecule has 0 saturated heterocycles. The van der Waals surface area contributed by atoms with Gasteiger partial charge in [-0.2, -0.15) is 5.26 Å². The molecule has 2 aromatic rings. The van der Waals surface area contributed by atoms with Crippen LogP contribution in [0.25, 0.3) is 0 Å². The van der Waals surface area contributed by atoms with Gasteiger partial charge in [-0.1, -0.05) is 12.1 Å². The van der Waals surface area contributed by atoms with Gasteiger partial charge in [0.25, 0.3) is 5.91 Å². The van der Waals surface area contributed by atoms with Crippen molar-refractivity contribution in [2.24, 2.45) is 0 Å². The van der Waals surface area contributed by atoms with E-state index in [1.807, 2.05) is 6.07 Å². The van der Waals surface area contributed by atoms with Crippen molar-refractivity contribution in [3.8, 4) is 17.6 Å². The van der Waals surface area contributed by atoms with Crippen LogP contribution in [0, 0.1) is 11.3 Å². The lowest BCUT2D eigenvalue weighted by Crippen LogP contribution is -2.20. The number of carbonyl (C=O) groups excluding carboxylic acids is 2. The van der Waals surface area contributed by atoms with Gasteiger partial charge in [0.05, 0.1) is 18.1 Å². The van der Waals surface area contributed by atoms with Crippen molar-refractivity contribution >= 4 is 17.6 Å². The summed E-state index contributed by atoms with van der Waals surface area (Å²) < 4.78 is 15.4. The van der Waals surface area contributed by atoms with Crippen molar-refractivity contribution in [1.29, 1.82) is 5.26 Å². The number of amides is 1. The molecule has 0 aromatic heterocycles. The number of benzene rings is 2. The van der Waals surface area contributed by atoms with Crippen molar-refractivity contribution in [1.82, 2.24) is 0 Å². The molecule has 126 valence electrons. The highest BCUT2D eigenvalue weighted by molar-refractivity contribution is 5.95. The Kier molecular flexibility index (Phi) is 4.81. The second-order valence-corrected chi connectivity index (χ2v) is 5.22. The number of hydrogen-bond donors (Lipinski definition) is 1. The lowest BCUT2D eigenvalue weighted by molar-refractivity contribution is -0.119. The zero-order valence-corrected chi connectivity index (χ0v) is 13.2. The highest BCUT2D eigenvalue weighted by atomic mass is 16.7. The molecule has 0 fully saturated rings. The fraction of sp³-hybridized carbons (Fsp3) is 0.167. The molecule has 0 radical (unpaired) electrons. The van der Waals surface area contributed by atoms with Gasteiger partial charge in [-0.3, -0.25) is 4.79 Å². The summed E-state index contributed by atoms with van der Waals surface area (Å²) in [5.74, 6) is -0.0505. The van der Waals surface area contributed by atoms with E-state index in [0.717, 1.165) is 5.56 Å². The summed E-state index contributed by atoms with van der Waals surface area (Å²) in [6, 6.07) is 13.6. The molecule has 1 heterocycles. The predicted molar refractivity (Wildman–Crippen MR) is 87.2 cm³/mol. The van der Waals surface area contributed by atoms with E-state index in [4.69, 9.17) is 19.5 Å². The zero-order valence-electron chi connectivity index (χ0n) is 13.2. The van der Waals surface area contributed by atoms with E-state index in [1.165, 1.54) is 6.07 Å². The van der Waals surface area contributed by atoms with Crippen LogP contribution in [0.3, 0.4) is 0 Å². The highest BCUT2D eigenvalue weighted by Crippen LogP contribution is 2.32. The third kappa shape index (κ3) is 4.06. The number of ether oxygens (including phenoxy) is 3. The summed E-state index contributed by atoms with van der Waals surface area (Å²) in [5.41, 5.74) is 1.69. The molecule has 0 unspecified atom stereocenters. The van der Waals surface area contributed by atoms with Gasteiger partial charge in [0.2, 0.25) is 6.79 Å². The summed E-state index contributed by atoms with van der Waals surface area (Å²) in [5, 5.41) is 11.2. The molecule has 3 rings (SSSR count). The summed E-state index contributed by atoms with van der Waals surface area (Å²) in [7, 11) is 0. The van der Waals surface area contributed by atoms with Crippen molar-refractivity contribution in [2.45, 2.75) is 6.42 Å². The molecule has 7 heteroatoms. The molecule has 0 spiro atoms. The van der Waals surface area contributed by atoms with Gasteiger partial charge >= 0.3 is 5.97 Å². The van der Waals surface area contributed by atoms with Gasteiger partial charge in [-0.25, -0.2) is 4.79 Å². The van der Waals surface area contributed by atoms with Crippen LogP contribution in [0.1, 0.15) is 15.9 Å². The SMILES string of the molecule is N#CCc1ccc(NC(=O)COC(=O)c2ccc3c(c2)OCO3)cc1. The first kappa shape index (κ1) is 16.3. The first-order valence-corrected chi connectivity index (χ1v) is 7.48. The molecule has 0 aliphatic carbocycles. The quantitative estimate of drug-likeness (QED) is 0.840. The standard InChI is InChI=1S/C18H14N2O5/c19-8-7-12-1-4-14(5-2-12)20-17(21)10-23-18(22)13-3-6-15-16(9-13)25-11-24-15/h1-6,9H,7,10-11H2,(H,20,21). The van der Waals surface area contributed by atoms with Gasteiger partial charge in [-0.15, -0.1) is 0 Å². The fourth-order valence-corrected chi connectivity index (χ4v) is 2.23. The molecular formula is C18H14N2O5. The van der Waals surface area contributed by atoms with E-state index >= 15 is 0 Å². The van der Waals surface area contributed by atoms with E-state index in [-0.39, 0.29) is 12.4 Å². The van der Waals surface area contributed by atoms with Crippen molar-refractivity contribution in [3.05, 3.63) is 53.6 Å². The third-order valence-corrected chi connectivity index (χ3v) is 3.46. The molecule has 1 N–H and O–H groups in total. The van der Waals surface area contributed by atoms with Crippen LogP contribution >= 0.6 is 0 Å². The number of carbonyl (C=O) groups is 2. The molecule has 0 atom stereocenters. The Morgan fingerprint density at radius 1 is 1.12 bits per heavy atom. The topological polar surface area (TPSA) is 97.7 Å². The van der Waals surface area contributed by atoms with Gasteiger partial charge in [0, 0.05) is 5.69 Å². The molecule has 0 saturated carbocycles. The highest BCUT2D eigenvalue weighted by Gasteiger charge is 2.17. The van der Waals surface area contributed by atoms with E-state index in [1.54, 1.807) is 36.4 Å². The number of esters is 1. The smallest absolute Gasteiger partial charge is 0.338 e. The Morgan fingerprint density at radius 2 is 1.88 bits per heavy atom. The molecule has 1 aliphatic rings. The minimum Gasteiger partial charge on any atom is -0.454 e. The van der Waals surface area contributed by atoms with Gasteiger partial charge < -0.3 is 19.5 Å². The van der Waals surface area contributed by atoms with Crippen LogP contribution in [0.4, 0.5) is 5.69 Å². The second-order valence-electron chi connectivity index (χ2n) is 5.22. The normalized spacial score (nSPS) is 11.5. The molecule has 7 nitrogen and oxygen atoms in total. The second kappa shape index (κ2) is 7.36. The van der Waals surface area contributed by atoms with Crippen molar-refractivity contribution < 1.29 is 23.8 Å². The fourth-order valence-electron chi connectivity index (χ4n) is 2.23. The molecular weight excluding hydrogens is 324 g/mol. The molecule has 25 heavy (non-hydrogen) atoms. The van der Waals surface area contributed by atoms with Gasteiger partial charge in [0.1, 0.15) is 0 Å². The number of hydrogen-bond acceptors (Lipinski definition) is 6. The maximum atomic E-state index is 12.0. The monoisotopic (exact) mass is 338 g/mol. The number of nitrogens with one attached hydrogen (secondary N) is 1. The van der Waals surface area contributed by atoms with Gasteiger partial charge in [-0.05, 0) is 35.9 Å². The van der Waals surface area contributed by atoms with Crippen LogP contribution in [0.5, 0.6) is 11.5 Å². The largest absolute Gasteiger partial charge is 0.454 e. The Morgan fingerprint density at radius 3 is 2.64 bits per heavy atom. The average molecular weight is 338 g/mol. The number of fused-ring (bicyclic) bond motifs is 1. The van der Waals surface area contributed by atoms with Crippen molar-refractivity contribution in [3.63, 3.8) is 0 Å². The minimum absolute atomic E-state index is 0.114. The number of nitrogens with zero attached hydrogens (tertiary/aromatic N) is 1. The van der Waals surface area contributed by atoms with Crippen LogP contribution in [0.15, 0.2) is 42.5 Å². The Balaban J connectivity index is 1.51. The summed E-state index contributed by atoms with van der Waals surface area (Å²) in [6.45, 7) is -0.295. The number of anilines is 1. The van der Waals surface area contributed by atoms with Crippen molar-refractivity contribution in [2.75, 3.05) is 18.7 Å². The van der Waals surface area contributed by atoms with E-state index in [2.05, 4.69) is 5.32 Å². The molecule has 0 bridgehead atoms. The predicted octanol–water partition coefficient (Wildman–Crippen LogP) is 2.28. The Labute approximate surface area is 143 Å². The van der Waals surface area contributed by atoms with Gasteiger partial charge in [0.15, 0.2) is 18.1 Å². The zero-order chi connectivity index (χ0) is 17.6. The van der Waals surface area contributed by atoms with E-state index < -0.39 is 18.5 Å². The molecule has 1 aliphatic heterocycles. The molecule has 2 aromatic carbocycles. The number of rotatable bonds is 5. The minimum atomic E-state index is -0.627. The lowest BCUT2D eigenvalue weighted by Gasteiger charge is -2.07. The Bertz CT molecular complexity index is 840. The average Bonchev–Trinajstić information content (AvgIpc) is 3.09. The lowest BCUT2D eigenvalue weighted by atomic mass is 10.1. The first-order chi connectivity index (χ1) is 12.2. The summed E-state index contributed by atoms with van der Waals surface area (Å²) >= 11 is 0.